The van der Waals surface area contributed by atoms with E-state index in [9.17, 15) is 0 Å². The highest BCUT2D eigenvalue weighted by Gasteiger charge is 2.25. The minimum atomic E-state index is 0.512. The molecular formula is C14H28N2O. The second-order valence-electron chi connectivity index (χ2n) is 5.47. The van der Waals surface area contributed by atoms with Gasteiger partial charge in [0.25, 0.3) is 0 Å². The van der Waals surface area contributed by atoms with E-state index >= 15 is 0 Å². The van der Waals surface area contributed by atoms with Gasteiger partial charge in [0.1, 0.15) is 0 Å². The van der Waals surface area contributed by atoms with E-state index in [0.29, 0.717) is 6.10 Å². The Morgan fingerprint density at radius 3 is 2.82 bits per heavy atom. The van der Waals surface area contributed by atoms with Gasteiger partial charge in [-0.05, 0) is 44.7 Å². The van der Waals surface area contributed by atoms with Crippen LogP contribution in [0.5, 0.6) is 0 Å². The highest BCUT2D eigenvalue weighted by atomic mass is 16.5. The summed E-state index contributed by atoms with van der Waals surface area (Å²) in [4.78, 5) is 2.60. The summed E-state index contributed by atoms with van der Waals surface area (Å²) in [5.41, 5.74) is 0. The Bertz CT molecular complexity index is 204. The molecule has 0 radical (unpaired) electrons. The fraction of sp³-hybridized carbons (Fsp3) is 1.00. The molecular weight excluding hydrogens is 212 g/mol. The normalized spacial score (nSPS) is 30.9. The number of hydrogen-bond donors (Lipinski definition) is 1. The van der Waals surface area contributed by atoms with Crippen molar-refractivity contribution in [1.29, 1.82) is 0 Å². The first-order valence-electron chi connectivity index (χ1n) is 7.45. The Balaban J connectivity index is 1.53. The van der Waals surface area contributed by atoms with Crippen LogP contribution in [-0.2, 0) is 4.74 Å². The molecule has 2 fully saturated rings. The van der Waals surface area contributed by atoms with Crippen LogP contribution in [0.2, 0.25) is 0 Å². The molecule has 2 unspecified atom stereocenters. The quantitative estimate of drug-likeness (QED) is 0.717. The molecule has 0 aromatic carbocycles. The summed E-state index contributed by atoms with van der Waals surface area (Å²) in [5.74, 6) is 0.751. The van der Waals surface area contributed by atoms with E-state index in [4.69, 9.17) is 4.74 Å². The van der Waals surface area contributed by atoms with Crippen molar-refractivity contribution in [1.82, 2.24) is 10.2 Å². The molecule has 3 heteroatoms. The van der Waals surface area contributed by atoms with Crippen molar-refractivity contribution < 1.29 is 4.74 Å². The SMILES string of the molecule is CCC1OCCC1CNCCN1CCCCC1. The van der Waals surface area contributed by atoms with Crippen molar-refractivity contribution in [3.63, 3.8) is 0 Å². The average Bonchev–Trinajstić information content (AvgIpc) is 2.83. The predicted molar refractivity (Wildman–Crippen MR) is 71.3 cm³/mol. The molecule has 0 bridgehead atoms. The van der Waals surface area contributed by atoms with E-state index in [2.05, 4.69) is 17.1 Å². The molecule has 0 aromatic heterocycles. The molecule has 0 aliphatic carbocycles. The lowest BCUT2D eigenvalue weighted by Crippen LogP contribution is -2.37. The van der Waals surface area contributed by atoms with Crippen LogP contribution in [-0.4, -0.2) is 50.3 Å². The predicted octanol–water partition coefficient (Wildman–Crippen LogP) is 1.88. The summed E-state index contributed by atoms with van der Waals surface area (Å²) in [6.07, 6.45) is 7.15. The number of nitrogens with zero attached hydrogens (tertiary/aromatic N) is 1. The van der Waals surface area contributed by atoms with Crippen LogP contribution in [0.15, 0.2) is 0 Å². The van der Waals surface area contributed by atoms with Gasteiger partial charge in [0.15, 0.2) is 0 Å². The van der Waals surface area contributed by atoms with E-state index in [-0.39, 0.29) is 0 Å². The van der Waals surface area contributed by atoms with Crippen molar-refractivity contribution in [3.05, 3.63) is 0 Å². The molecule has 0 spiro atoms. The third-order valence-electron chi connectivity index (χ3n) is 4.21. The Morgan fingerprint density at radius 1 is 1.24 bits per heavy atom. The first kappa shape index (κ1) is 13.3. The molecule has 2 aliphatic rings. The van der Waals surface area contributed by atoms with E-state index in [0.717, 1.165) is 25.6 Å². The van der Waals surface area contributed by atoms with Crippen molar-refractivity contribution in [2.75, 3.05) is 39.3 Å². The number of piperidine rings is 1. The minimum absolute atomic E-state index is 0.512. The molecule has 0 amide bonds. The third-order valence-corrected chi connectivity index (χ3v) is 4.21. The zero-order valence-electron chi connectivity index (χ0n) is 11.3. The van der Waals surface area contributed by atoms with Gasteiger partial charge in [-0.3, -0.25) is 0 Å². The summed E-state index contributed by atoms with van der Waals surface area (Å²) in [7, 11) is 0. The lowest BCUT2D eigenvalue weighted by molar-refractivity contribution is 0.0870. The largest absolute Gasteiger partial charge is 0.378 e. The van der Waals surface area contributed by atoms with Gasteiger partial charge in [0.2, 0.25) is 0 Å². The molecule has 0 saturated carbocycles. The summed E-state index contributed by atoms with van der Waals surface area (Å²) >= 11 is 0. The van der Waals surface area contributed by atoms with Gasteiger partial charge in [-0.2, -0.15) is 0 Å². The maximum absolute atomic E-state index is 5.71. The van der Waals surface area contributed by atoms with E-state index < -0.39 is 0 Å². The number of hydrogen-bond acceptors (Lipinski definition) is 3. The molecule has 0 aromatic rings. The second-order valence-corrected chi connectivity index (χ2v) is 5.47. The molecule has 2 aliphatic heterocycles. The Labute approximate surface area is 106 Å². The van der Waals surface area contributed by atoms with Crippen LogP contribution >= 0.6 is 0 Å². The fourth-order valence-electron chi connectivity index (χ4n) is 3.09. The topological polar surface area (TPSA) is 24.5 Å². The lowest BCUT2D eigenvalue weighted by Gasteiger charge is -2.26. The zero-order chi connectivity index (χ0) is 11.9. The van der Waals surface area contributed by atoms with Gasteiger partial charge < -0.3 is 15.0 Å². The summed E-state index contributed by atoms with van der Waals surface area (Å²) in [5, 5.41) is 3.62. The van der Waals surface area contributed by atoms with Crippen LogP contribution in [0.1, 0.15) is 39.0 Å². The minimum Gasteiger partial charge on any atom is -0.378 e. The Hall–Kier alpha value is -0.120. The highest BCUT2D eigenvalue weighted by molar-refractivity contribution is 4.77. The average molecular weight is 240 g/mol. The molecule has 2 saturated heterocycles. The van der Waals surface area contributed by atoms with E-state index in [1.54, 1.807) is 0 Å². The monoisotopic (exact) mass is 240 g/mol. The zero-order valence-corrected chi connectivity index (χ0v) is 11.3. The molecule has 17 heavy (non-hydrogen) atoms. The first-order valence-corrected chi connectivity index (χ1v) is 7.45. The fourth-order valence-corrected chi connectivity index (χ4v) is 3.09. The number of nitrogens with one attached hydrogen (secondary N) is 1. The maximum Gasteiger partial charge on any atom is 0.0613 e. The molecule has 100 valence electrons. The van der Waals surface area contributed by atoms with Crippen LogP contribution in [0.4, 0.5) is 0 Å². The summed E-state index contributed by atoms with van der Waals surface area (Å²) < 4.78 is 5.71. The third kappa shape index (κ3) is 4.23. The van der Waals surface area contributed by atoms with Crippen LogP contribution in [0.25, 0.3) is 0 Å². The molecule has 1 N–H and O–H groups in total. The molecule has 3 nitrogen and oxygen atoms in total. The first-order chi connectivity index (χ1) is 8.40. The van der Waals surface area contributed by atoms with Gasteiger partial charge in [0, 0.05) is 26.2 Å². The van der Waals surface area contributed by atoms with Crippen LogP contribution < -0.4 is 5.32 Å². The molecule has 2 atom stereocenters. The van der Waals surface area contributed by atoms with Crippen LogP contribution in [0, 0.1) is 5.92 Å². The number of ether oxygens (including phenoxy) is 1. The summed E-state index contributed by atoms with van der Waals surface area (Å²) in [6.45, 7) is 9.34. The standard InChI is InChI=1S/C14H28N2O/c1-2-14-13(6-11-17-14)12-15-7-10-16-8-4-3-5-9-16/h13-15H,2-12H2,1H3. The number of likely N-dealkylation sites (tertiary alicyclic amines) is 1. The van der Waals surface area contributed by atoms with Gasteiger partial charge in [-0.1, -0.05) is 13.3 Å². The second kappa shape index (κ2) is 7.34. The summed E-state index contributed by atoms with van der Waals surface area (Å²) in [6, 6.07) is 0. The van der Waals surface area contributed by atoms with E-state index in [1.807, 2.05) is 0 Å². The van der Waals surface area contributed by atoms with Crippen molar-refractivity contribution in [2.24, 2.45) is 5.92 Å². The lowest BCUT2D eigenvalue weighted by atomic mass is 10.00. The van der Waals surface area contributed by atoms with Gasteiger partial charge in [-0.15, -0.1) is 0 Å². The van der Waals surface area contributed by atoms with Crippen molar-refractivity contribution in [3.8, 4) is 0 Å². The van der Waals surface area contributed by atoms with Crippen molar-refractivity contribution >= 4 is 0 Å². The maximum atomic E-state index is 5.71. The highest BCUT2D eigenvalue weighted by Crippen LogP contribution is 2.22. The Morgan fingerprint density at radius 2 is 2.06 bits per heavy atom. The smallest absolute Gasteiger partial charge is 0.0613 e. The van der Waals surface area contributed by atoms with Gasteiger partial charge in [-0.25, -0.2) is 0 Å². The molecule has 2 heterocycles. The van der Waals surface area contributed by atoms with E-state index in [1.165, 1.54) is 51.7 Å². The Kier molecular flexibility index (Phi) is 5.75. The van der Waals surface area contributed by atoms with Crippen LogP contribution in [0.3, 0.4) is 0 Å². The molecule has 2 rings (SSSR count). The van der Waals surface area contributed by atoms with Gasteiger partial charge >= 0.3 is 0 Å². The number of rotatable bonds is 6. The van der Waals surface area contributed by atoms with Gasteiger partial charge in [0.05, 0.1) is 6.10 Å². The van der Waals surface area contributed by atoms with Crippen molar-refractivity contribution in [2.45, 2.75) is 45.1 Å².